The molecule has 6 aromatic heterocycles. The third-order valence-electron chi connectivity index (χ3n) is 5.74. The van der Waals surface area contributed by atoms with E-state index < -0.39 is 5.82 Å². The number of nitrogens with zero attached hydrogens (tertiary/aromatic N) is 5. The number of hydrogen-bond donors (Lipinski definition) is 3. The lowest BCUT2D eigenvalue weighted by molar-refractivity contribution is -0.118. The minimum Gasteiger partial charge on any atom is -0.324 e. The number of rotatable bonds is 5. The number of fused-ring (bicyclic) bond motifs is 2. The van der Waals surface area contributed by atoms with Crippen LogP contribution in [0.25, 0.3) is 55.3 Å². The van der Waals surface area contributed by atoms with Crippen molar-refractivity contribution in [1.82, 2.24) is 35.1 Å². The SMILES string of the molecule is CC(C)C(=O)Nc1cncc(-c2ncc3[nH]nc(-c4nc5c(-c6cccs6)ccnc5[nH]4)c3c2F)c1. The fourth-order valence-electron chi connectivity index (χ4n) is 3.93. The zero-order valence-electron chi connectivity index (χ0n) is 19.2. The fourth-order valence-corrected chi connectivity index (χ4v) is 4.68. The van der Waals surface area contributed by atoms with Gasteiger partial charge in [-0.2, -0.15) is 5.10 Å². The molecule has 0 unspecified atom stereocenters. The van der Waals surface area contributed by atoms with Crippen molar-refractivity contribution in [1.29, 1.82) is 0 Å². The lowest BCUT2D eigenvalue weighted by atomic mass is 10.1. The zero-order valence-corrected chi connectivity index (χ0v) is 20.0. The monoisotopic (exact) mass is 498 g/mol. The number of H-pyrrole nitrogens is 2. The van der Waals surface area contributed by atoms with Crippen molar-refractivity contribution in [2.24, 2.45) is 5.92 Å². The first-order valence-electron chi connectivity index (χ1n) is 11.2. The molecule has 0 aliphatic rings. The van der Waals surface area contributed by atoms with E-state index >= 15 is 4.39 Å². The van der Waals surface area contributed by atoms with Gasteiger partial charge in [-0.15, -0.1) is 11.3 Å². The number of carbonyl (C=O) groups is 1. The highest BCUT2D eigenvalue weighted by Crippen LogP contribution is 2.35. The summed E-state index contributed by atoms with van der Waals surface area (Å²) in [7, 11) is 0. The predicted octanol–water partition coefficient (Wildman–Crippen LogP) is 5.42. The molecule has 0 atom stereocenters. The van der Waals surface area contributed by atoms with Crippen molar-refractivity contribution < 1.29 is 9.18 Å². The number of imidazole rings is 1. The Hall–Kier alpha value is -4.51. The quantitative estimate of drug-likeness (QED) is 0.291. The largest absolute Gasteiger partial charge is 0.324 e. The molecule has 0 saturated carbocycles. The average Bonchev–Trinajstić information content (AvgIpc) is 3.63. The van der Waals surface area contributed by atoms with E-state index in [1.54, 1.807) is 37.4 Å². The Morgan fingerprint density at radius 2 is 2.03 bits per heavy atom. The molecule has 11 heteroatoms. The van der Waals surface area contributed by atoms with Crippen LogP contribution in [-0.2, 0) is 4.79 Å². The van der Waals surface area contributed by atoms with Gasteiger partial charge >= 0.3 is 0 Å². The van der Waals surface area contributed by atoms with Gasteiger partial charge in [0.25, 0.3) is 0 Å². The van der Waals surface area contributed by atoms with E-state index in [9.17, 15) is 4.79 Å². The van der Waals surface area contributed by atoms with E-state index in [1.807, 2.05) is 23.6 Å². The number of halogens is 1. The lowest BCUT2D eigenvalue weighted by Gasteiger charge is -2.09. The Labute approximate surface area is 207 Å². The first-order chi connectivity index (χ1) is 17.5. The summed E-state index contributed by atoms with van der Waals surface area (Å²) >= 11 is 1.60. The molecule has 0 spiro atoms. The fraction of sp³-hybridized carbons (Fsp3) is 0.120. The van der Waals surface area contributed by atoms with Gasteiger partial charge in [0.2, 0.25) is 5.91 Å². The second kappa shape index (κ2) is 8.61. The normalized spacial score (nSPS) is 11.6. The van der Waals surface area contributed by atoms with Crippen LogP contribution in [0.5, 0.6) is 0 Å². The number of thiophene rings is 1. The van der Waals surface area contributed by atoms with E-state index in [1.165, 1.54) is 18.6 Å². The summed E-state index contributed by atoms with van der Waals surface area (Å²) in [5, 5.41) is 12.2. The highest BCUT2D eigenvalue weighted by Gasteiger charge is 2.22. The maximum absolute atomic E-state index is 15.9. The van der Waals surface area contributed by atoms with Gasteiger partial charge < -0.3 is 10.3 Å². The van der Waals surface area contributed by atoms with E-state index in [-0.39, 0.29) is 22.9 Å². The molecular formula is C25H19FN8OS. The average molecular weight is 499 g/mol. The summed E-state index contributed by atoms with van der Waals surface area (Å²) in [6.45, 7) is 3.58. The number of aromatic amines is 2. The standard InChI is InChI=1S/C25H19FN8OS/c1-12(2)25(35)30-14-8-13(9-27-10-14)20-19(26)18-16(11-29-20)33-34-22(18)24-31-21-15(17-4-3-7-36-17)5-6-28-23(21)32-24/h3-12H,1-2H3,(H,30,35)(H,33,34)(H,28,31,32). The van der Waals surface area contributed by atoms with Crippen LogP contribution in [0.4, 0.5) is 10.1 Å². The van der Waals surface area contributed by atoms with Crippen LogP contribution >= 0.6 is 11.3 Å². The number of nitrogens with one attached hydrogen (secondary N) is 3. The minimum atomic E-state index is -0.572. The maximum Gasteiger partial charge on any atom is 0.226 e. The second-order valence-electron chi connectivity index (χ2n) is 8.51. The molecule has 0 saturated heterocycles. The third kappa shape index (κ3) is 3.69. The molecule has 6 aromatic rings. The van der Waals surface area contributed by atoms with E-state index in [2.05, 4.69) is 35.5 Å². The maximum atomic E-state index is 15.9. The number of amides is 1. The van der Waals surface area contributed by atoms with Gasteiger partial charge in [0.05, 0.1) is 29.0 Å². The smallest absolute Gasteiger partial charge is 0.226 e. The summed E-state index contributed by atoms with van der Waals surface area (Å²) in [4.78, 5) is 33.9. The van der Waals surface area contributed by atoms with Gasteiger partial charge in [-0.25, -0.2) is 14.4 Å². The zero-order chi connectivity index (χ0) is 24.8. The Bertz CT molecular complexity index is 1740. The summed E-state index contributed by atoms with van der Waals surface area (Å²) in [5.74, 6) is -0.542. The van der Waals surface area contributed by atoms with E-state index in [0.717, 1.165) is 10.4 Å². The number of pyridine rings is 3. The van der Waals surface area contributed by atoms with Gasteiger partial charge in [0.15, 0.2) is 17.3 Å². The molecule has 0 fully saturated rings. The highest BCUT2D eigenvalue weighted by atomic mass is 32.1. The number of anilines is 1. The Kier molecular flexibility index (Phi) is 5.26. The Morgan fingerprint density at radius 1 is 1.14 bits per heavy atom. The number of carbonyl (C=O) groups excluding carboxylic acids is 1. The molecule has 0 aliphatic carbocycles. The highest BCUT2D eigenvalue weighted by molar-refractivity contribution is 7.13. The summed E-state index contributed by atoms with van der Waals surface area (Å²) < 4.78 is 15.9. The van der Waals surface area contributed by atoms with Crippen molar-refractivity contribution in [3.8, 4) is 33.2 Å². The van der Waals surface area contributed by atoms with Crippen LogP contribution in [0, 0.1) is 11.7 Å². The molecule has 3 N–H and O–H groups in total. The van der Waals surface area contributed by atoms with Crippen molar-refractivity contribution >= 4 is 45.0 Å². The molecular weight excluding hydrogens is 479 g/mol. The molecule has 6 rings (SSSR count). The predicted molar refractivity (Wildman–Crippen MR) is 137 cm³/mol. The van der Waals surface area contributed by atoms with Crippen LogP contribution < -0.4 is 5.32 Å². The van der Waals surface area contributed by atoms with Gasteiger partial charge in [-0.1, -0.05) is 19.9 Å². The van der Waals surface area contributed by atoms with Crippen LogP contribution in [-0.4, -0.2) is 41.0 Å². The molecule has 9 nitrogen and oxygen atoms in total. The van der Waals surface area contributed by atoms with Crippen LogP contribution in [0.1, 0.15) is 13.8 Å². The van der Waals surface area contributed by atoms with Crippen molar-refractivity contribution in [2.45, 2.75) is 13.8 Å². The number of aromatic nitrogens is 7. The van der Waals surface area contributed by atoms with E-state index in [0.29, 0.717) is 39.4 Å². The first kappa shape index (κ1) is 22.0. The van der Waals surface area contributed by atoms with E-state index in [4.69, 9.17) is 4.98 Å². The molecule has 0 radical (unpaired) electrons. The molecule has 36 heavy (non-hydrogen) atoms. The molecule has 1 amide bonds. The number of hydrogen-bond acceptors (Lipinski definition) is 7. The van der Waals surface area contributed by atoms with Gasteiger partial charge in [-0.05, 0) is 23.6 Å². The molecule has 0 aliphatic heterocycles. The third-order valence-corrected chi connectivity index (χ3v) is 6.65. The summed E-state index contributed by atoms with van der Waals surface area (Å²) in [6.07, 6.45) is 6.24. The first-order valence-corrected chi connectivity index (χ1v) is 12.1. The minimum absolute atomic E-state index is 0.0896. The van der Waals surface area contributed by atoms with Gasteiger partial charge in [-0.3, -0.25) is 19.9 Å². The van der Waals surface area contributed by atoms with Crippen LogP contribution in [0.3, 0.4) is 0 Å². The topological polar surface area (TPSA) is 125 Å². The van der Waals surface area contributed by atoms with Crippen molar-refractivity contribution in [3.63, 3.8) is 0 Å². The van der Waals surface area contributed by atoms with Gasteiger partial charge in [0, 0.05) is 34.3 Å². The molecule has 178 valence electrons. The van der Waals surface area contributed by atoms with Crippen molar-refractivity contribution in [3.05, 3.63) is 60.3 Å². The summed E-state index contributed by atoms with van der Waals surface area (Å²) in [6, 6.07) is 7.54. The molecule has 6 heterocycles. The molecule has 0 aromatic carbocycles. The second-order valence-corrected chi connectivity index (χ2v) is 9.45. The van der Waals surface area contributed by atoms with Gasteiger partial charge in [0.1, 0.15) is 16.9 Å². The molecule has 0 bridgehead atoms. The van der Waals surface area contributed by atoms with Crippen LogP contribution in [0.2, 0.25) is 0 Å². The Morgan fingerprint density at radius 3 is 2.83 bits per heavy atom. The summed E-state index contributed by atoms with van der Waals surface area (Å²) in [5.41, 5.74) is 3.92. The van der Waals surface area contributed by atoms with Crippen LogP contribution in [0.15, 0.2) is 54.4 Å². The Balaban J connectivity index is 1.46. The lowest BCUT2D eigenvalue weighted by Crippen LogP contribution is -2.17. The van der Waals surface area contributed by atoms with Crippen molar-refractivity contribution in [2.75, 3.05) is 5.32 Å².